The molecule has 206 valence electrons. The number of carbonyl (C=O) groups is 3. The van der Waals surface area contributed by atoms with E-state index in [1.807, 2.05) is 33.1 Å². The number of hydrogen-bond donors (Lipinski definition) is 2. The van der Waals surface area contributed by atoms with Crippen LogP contribution in [0.5, 0.6) is 0 Å². The number of alkyl carbamates (subject to hydrolysis) is 1. The molecule has 0 saturated carbocycles. The highest BCUT2D eigenvalue weighted by Gasteiger charge is 2.27. The van der Waals surface area contributed by atoms with E-state index in [1.54, 1.807) is 35.0 Å². The minimum atomic E-state index is -0.559. The van der Waals surface area contributed by atoms with Gasteiger partial charge in [-0.15, -0.1) is 22.7 Å². The fourth-order valence-corrected chi connectivity index (χ4v) is 5.04. The van der Waals surface area contributed by atoms with Crippen molar-refractivity contribution in [2.75, 3.05) is 7.05 Å². The van der Waals surface area contributed by atoms with Crippen LogP contribution in [0.25, 0.3) is 0 Å². The molecule has 0 saturated heterocycles. The second kappa shape index (κ2) is 15.0. The Kier molecular flexibility index (Phi) is 12.5. The molecule has 0 aliphatic heterocycles. The van der Waals surface area contributed by atoms with Crippen LogP contribution in [0.4, 0.5) is 9.59 Å². The van der Waals surface area contributed by atoms with Gasteiger partial charge in [-0.25, -0.2) is 14.6 Å². The van der Waals surface area contributed by atoms with Crippen molar-refractivity contribution in [2.24, 2.45) is 11.8 Å². The fourth-order valence-electron chi connectivity index (χ4n) is 3.71. The first kappa shape index (κ1) is 30.7. The van der Waals surface area contributed by atoms with Crippen molar-refractivity contribution in [3.05, 3.63) is 32.7 Å². The molecule has 0 aromatic carbocycles. The van der Waals surface area contributed by atoms with Gasteiger partial charge in [-0.3, -0.25) is 9.78 Å². The van der Waals surface area contributed by atoms with Gasteiger partial charge in [0.1, 0.15) is 6.61 Å². The van der Waals surface area contributed by atoms with Gasteiger partial charge in [0.15, 0.2) is 5.78 Å². The lowest BCUT2D eigenvalue weighted by Crippen LogP contribution is -2.49. The van der Waals surface area contributed by atoms with Crippen LogP contribution in [0.3, 0.4) is 0 Å². The molecule has 0 bridgehead atoms. The summed E-state index contributed by atoms with van der Waals surface area (Å²) in [6.07, 6.45) is 3.06. The van der Waals surface area contributed by atoms with E-state index in [-0.39, 0.29) is 36.3 Å². The zero-order chi connectivity index (χ0) is 27.5. The van der Waals surface area contributed by atoms with Gasteiger partial charge < -0.3 is 20.3 Å². The molecule has 37 heavy (non-hydrogen) atoms. The third-order valence-corrected chi connectivity index (χ3v) is 7.88. The quantitative estimate of drug-likeness (QED) is 0.317. The fraction of sp³-hybridized carbons (Fsp3) is 0.654. The molecule has 3 amide bonds. The van der Waals surface area contributed by atoms with Crippen molar-refractivity contribution in [3.63, 3.8) is 0 Å². The van der Waals surface area contributed by atoms with Crippen LogP contribution < -0.4 is 10.6 Å². The number of hydrogen-bond acceptors (Lipinski definition) is 8. The number of nitrogens with one attached hydrogen (secondary N) is 2. The van der Waals surface area contributed by atoms with Crippen molar-refractivity contribution < 1.29 is 19.1 Å². The van der Waals surface area contributed by atoms with Gasteiger partial charge in [-0.05, 0) is 31.6 Å². The van der Waals surface area contributed by atoms with Crippen LogP contribution in [0.2, 0.25) is 0 Å². The van der Waals surface area contributed by atoms with Gasteiger partial charge in [0.05, 0.1) is 33.7 Å². The van der Waals surface area contributed by atoms with E-state index < -0.39 is 12.1 Å². The molecule has 2 heterocycles. The number of amides is 3. The molecule has 0 unspecified atom stereocenters. The lowest BCUT2D eigenvalue weighted by molar-refractivity contribution is -0.122. The van der Waals surface area contributed by atoms with Gasteiger partial charge in [-0.2, -0.15) is 0 Å². The third-order valence-electron chi connectivity index (χ3n) is 5.94. The summed E-state index contributed by atoms with van der Waals surface area (Å²) in [6.45, 7) is 12.6. The summed E-state index contributed by atoms with van der Waals surface area (Å²) in [5.41, 5.74) is 2.54. The molecular formula is C26H41N5O4S2. The standard InChI is InChI=1S/C26H41N5O4S2/c1-16(2)23(30-25(33)31(7)12-20-14-36-24(29-20)17(3)4)22(32)10-18(5)8-9-19(6)28-26(34)35-13-21-11-27-15-37-21/h11,14-19,23H,8-10,12-13H2,1-7H3,(H,28,34)(H,30,33)/t18-,19-,23-/m0/s1. The van der Waals surface area contributed by atoms with E-state index >= 15 is 0 Å². The van der Waals surface area contributed by atoms with Crippen molar-refractivity contribution in [3.8, 4) is 0 Å². The third kappa shape index (κ3) is 10.8. The van der Waals surface area contributed by atoms with Crippen LogP contribution in [0.1, 0.15) is 82.3 Å². The summed E-state index contributed by atoms with van der Waals surface area (Å²) in [5.74, 6) is 0.456. The first-order chi connectivity index (χ1) is 17.5. The Morgan fingerprint density at radius 2 is 1.78 bits per heavy atom. The highest BCUT2D eigenvalue weighted by atomic mass is 32.1. The van der Waals surface area contributed by atoms with E-state index in [0.29, 0.717) is 18.9 Å². The Labute approximate surface area is 228 Å². The predicted octanol–water partition coefficient (Wildman–Crippen LogP) is 5.58. The molecule has 0 aliphatic carbocycles. The molecule has 0 radical (unpaired) electrons. The summed E-state index contributed by atoms with van der Waals surface area (Å²) in [7, 11) is 1.71. The zero-order valence-electron chi connectivity index (χ0n) is 22.9. The average Bonchev–Trinajstić information content (AvgIpc) is 3.51. The first-order valence-corrected chi connectivity index (χ1v) is 14.5. The lowest BCUT2D eigenvalue weighted by Gasteiger charge is -2.26. The number of ether oxygens (including phenoxy) is 1. The highest BCUT2D eigenvalue weighted by Crippen LogP contribution is 2.20. The van der Waals surface area contributed by atoms with Crippen LogP contribution in [0.15, 0.2) is 17.1 Å². The Morgan fingerprint density at radius 1 is 1.05 bits per heavy atom. The van der Waals surface area contributed by atoms with Crippen molar-refractivity contribution in [2.45, 2.75) is 92.0 Å². The Morgan fingerprint density at radius 3 is 2.38 bits per heavy atom. The van der Waals surface area contributed by atoms with Gasteiger partial charge in [-0.1, -0.05) is 34.6 Å². The molecule has 0 aliphatic rings. The Bertz CT molecular complexity index is 993. The maximum Gasteiger partial charge on any atom is 0.407 e. The molecule has 11 heteroatoms. The smallest absolute Gasteiger partial charge is 0.407 e. The molecule has 2 N–H and O–H groups in total. The molecule has 0 fully saturated rings. The number of rotatable bonds is 14. The van der Waals surface area contributed by atoms with Gasteiger partial charge in [0.25, 0.3) is 0 Å². The number of thiazole rings is 2. The van der Waals surface area contributed by atoms with Crippen LogP contribution >= 0.6 is 22.7 Å². The second-order valence-corrected chi connectivity index (χ2v) is 12.2. The molecular weight excluding hydrogens is 510 g/mol. The predicted molar refractivity (Wildman–Crippen MR) is 148 cm³/mol. The number of aromatic nitrogens is 2. The summed E-state index contributed by atoms with van der Waals surface area (Å²) in [5, 5.41) is 8.77. The largest absolute Gasteiger partial charge is 0.444 e. The first-order valence-electron chi connectivity index (χ1n) is 12.8. The number of Topliss-reactive ketones (excluding diaryl/α,β-unsaturated/α-hetero) is 1. The van der Waals surface area contributed by atoms with E-state index in [1.165, 1.54) is 11.3 Å². The Balaban J connectivity index is 1.76. The van der Waals surface area contributed by atoms with Crippen molar-refractivity contribution in [1.29, 1.82) is 0 Å². The normalized spacial score (nSPS) is 13.8. The van der Waals surface area contributed by atoms with Crippen molar-refractivity contribution in [1.82, 2.24) is 25.5 Å². The molecule has 2 aromatic rings. The number of urea groups is 1. The van der Waals surface area contributed by atoms with Gasteiger partial charge >= 0.3 is 12.1 Å². The number of ketones is 1. The number of carbonyl (C=O) groups excluding carboxylic acids is 3. The minimum Gasteiger partial charge on any atom is -0.444 e. The van der Waals surface area contributed by atoms with Gasteiger partial charge in [0, 0.05) is 37.0 Å². The van der Waals surface area contributed by atoms with Gasteiger partial charge in [0.2, 0.25) is 0 Å². The van der Waals surface area contributed by atoms with E-state index in [0.717, 1.165) is 28.4 Å². The van der Waals surface area contributed by atoms with E-state index in [9.17, 15) is 14.4 Å². The maximum atomic E-state index is 13.1. The molecule has 0 spiro atoms. The maximum absolute atomic E-state index is 13.1. The topological polar surface area (TPSA) is 114 Å². The van der Waals surface area contributed by atoms with E-state index in [4.69, 9.17) is 4.74 Å². The van der Waals surface area contributed by atoms with Crippen LogP contribution in [-0.2, 0) is 22.7 Å². The lowest BCUT2D eigenvalue weighted by atomic mass is 9.90. The number of nitrogens with zero attached hydrogens (tertiary/aromatic N) is 3. The molecule has 2 rings (SSSR count). The van der Waals surface area contributed by atoms with Crippen molar-refractivity contribution >= 4 is 40.6 Å². The minimum absolute atomic E-state index is 0.0181. The summed E-state index contributed by atoms with van der Waals surface area (Å²) < 4.78 is 5.21. The second-order valence-electron chi connectivity index (χ2n) is 10.3. The average molecular weight is 552 g/mol. The summed E-state index contributed by atoms with van der Waals surface area (Å²) in [4.78, 5) is 48.9. The van der Waals surface area contributed by atoms with E-state index in [2.05, 4.69) is 34.4 Å². The molecule has 9 nitrogen and oxygen atoms in total. The van der Waals surface area contributed by atoms with Crippen LogP contribution in [0, 0.1) is 11.8 Å². The zero-order valence-corrected chi connectivity index (χ0v) is 24.6. The molecule has 2 aromatic heterocycles. The van der Waals surface area contributed by atoms with Crippen LogP contribution in [-0.4, -0.2) is 51.9 Å². The summed E-state index contributed by atoms with van der Waals surface area (Å²) >= 11 is 3.03. The SMILES string of the molecule is CC(C)c1nc(CN(C)C(=O)N[C@H](C(=O)C[C@@H](C)CC[C@H](C)NC(=O)OCc2cncs2)C(C)C)cs1. The molecule has 3 atom stereocenters. The monoisotopic (exact) mass is 551 g/mol. The summed E-state index contributed by atoms with van der Waals surface area (Å²) in [6, 6.07) is -0.924. The highest BCUT2D eigenvalue weighted by molar-refractivity contribution is 7.09. The Hall–Kier alpha value is -2.53.